The van der Waals surface area contributed by atoms with Gasteiger partial charge in [-0.1, -0.05) is 17.7 Å². The number of amides is 1. The van der Waals surface area contributed by atoms with E-state index >= 15 is 0 Å². The first-order valence-corrected chi connectivity index (χ1v) is 9.20. The van der Waals surface area contributed by atoms with Crippen LogP contribution in [0.15, 0.2) is 34.5 Å². The Kier molecular flexibility index (Phi) is 5.40. The van der Waals surface area contributed by atoms with Gasteiger partial charge in [-0.2, -0.15) is 0 Å². The number of carbonyl (C=O) groups is 1. The van der Waals surface area contributed by atoms with Gasteiger partial charge in [-0.25, -0.2) is 13.6 Å². The molecule has 0 atom stereocenters. The highest BCUT2D eigenvalue weighted by Gasteiger charge is 2.12. The molecule has 0 aliphatic carbocycles. The zero-order valence-electron chi connectivity index (χ0n) is 12.8. The van der Waals surface area contributed by atoms with Crippen molar-refractivity contribution in [3.8, 4) is 5.75 Å². The number of nitrogens with one attached hydrogen (secondary N) is 1. The number of primary sulfonamides is 1. The molecule has 0 aliphatic rings. The molecule has 124 valence electrons. The van der Waals surface area contributed by atoms with Crippen LogP contribution in [0.3, 0.4) is 0 Å². The average Bonchev–Trinajstić information content (AvgIpc) is 2.93. The Labute approximate surface area is 139 Å². The Morgan fingerprint density at radius 1 is 1.26 bits per heavy atom. The van der Waals surface area contributed by atoms with Crippen LogP contribution in [0.2, 0.25) is 0 Å². The molecular formula is C15H18N2O4S2. The average molecular weight is 354 g/mol. The summed E-state index contributed by atoms with van der Waals surface area (Å²) in [4.78, 5) is 12.5. The number of ether oxygens (including phenoxy) is 1. The van der Waals surface area contributed by atoms with Crippen molar-refractivity contribution in [3.63, 3.8) is 0 Å². The van der Waals surface area contributed by atoms with Gasteiger partial charge in [0.25, 0.3) is 5.91 Å². The van der Waals surface area contributed by atoms with E-state index in [1.54, 1.807) is 6.07 Å². The molecular weight excluding hydrogens is 336 g/mol. The van der Waals surface area contributed by atoms with Gasteiger partial charge in [-0.05, 0) is 37.6 Å². The number of sulfonamides is 1. The lowest BCUT2D eigenvalue weighted by atomic mass is 10.1. The zero-order chi connectivity index (χ0) is 17.0. The van der Waals surface area contributed by atoms with E-state index in [-0.39, 0.29) is 23.3 Å². The molecule has 1 heterocycles. The fourth-order valence-electron chi connectivity index (χ4n) is 1.95. The monoisotopic (exact) mass is 354 g/mol. The number of rotatable bonds is 6. The second-order valence-corrected chi connectivity index (χ2v) is 8.06. The normalized spacial score (nSPS) is 11.3. The minimum atomic E-state index is -3.69. The topological polar surface area (TPSA) is 98.5 Å². The molecule has 1 aromatic heterocycles. The van der Waals surface area contributed by atoms with Gasteiger partial charge >= 0.3 is 0 Å². The minimum Gasteiger partial charge on any atom is -0.484 e. The van der Waals surface area contributed by atoms with Crippen LogP contribution in [-0.2, 0) is 21.4 Å². The van der Waals surface area contributed by atoms with E-state index in [9.17, 15) is 13.2 Å². The summed E-state index contributed by atoms with van der Waals surface area (Å²) in [5, 5.41) is 7.71. The van der Waals surface area contributed by atoms with Gasteiger partial charge in [0.2, 0.25) is 10.0 Å². The van der Waals surface area contributed by atoms with Gasteiger partial charge in [-0.3, -0.25) is 4.79 Å². The number of thiophene rings is 1. The van der Waals surface area contributed by atoms with Gasteiger partial charge in [-0.15, -0.1) is 11.3 Å². The van der Waals surface area contributed by atoms with E-state index < -0.39 is 10.0 Å². The van der Waals surface area contributed by atoms with Crippen LogP contribution in [0.1, 0.15) is 16.0 Å². The molecule has 0 saturated heterocycles. The summed E-state index contributed by atoms with van der Waals surface area (Å²) in [5.41, 5.74) is 2.09. The van der Waals surface area contributed by atoms with Crippen molar-refractivity contribution in [3.05, 3.63) is 46.3 Å². The quantitative estimate of drug-likeness (QED) is 0.825. The highest BCUT2D eigenvalue weighted by molar-refractivity contribution is 7.91. The molecule has 0 aliphatic heterocycles. The van der Waals surface area contributed by atoms with Gasteiger partial charge in [0.15, 0.2) is 6.61 Å². The fourth-order valence-corrected chi connectivity index (χ4v) is 3.67. The van der Waals surface area contributed by atoms with Crippen LogP contribution in [0.4, 0.5) is 0 Å². The van der Waals surface area contributed by atoms with Crippen molar-refractivity contribution in [2.45, 2.75) is 24.6 Å². The van der Waals surface area contributed by atoms with Gasteiger partial charge in [0.05, 0.1) is 6.54 Å². The lowest BCUT2D eigenvalue weighted by Gasteiger charge is -2.09. The van der Waals surface area contributed by atoms with Crippen LogP contribution in [0.25, 0.3) is 0 Å². The molecule has 0 unspecified atom stereocenters. The van der Waals surface area contributed by atoms with Gasteiger partial charge in [0.1, 0.15) is 9.96 Å². The standard InChI is InChI=1S/C15H18N2O4S2/c1-10-3-5-13(11(2)7-10)21-9-14(18)17-8-12-4-6-15(22-12)23(16,19)20/h3-7H,8-9H2,1-2H3,(H,17,18)(H2,16,19,20). The summed E-state index contributed by atoms with van der Waals surface area (Å²) in [7, 11) is -3.69. The highest BCUT2D eigenvalue weighted by atomic mass is 32.2. The molecule has 1 amide bonds. The number of hydrogen-bond donors (Lipinski definition) is 2. The number of benzene rings is 1. The van der Waals surface area contributed by atoms with E-state index in [2.05, 4.69) is 5.32 Å². The Morgan fingerprint density at radius 2 is 2.00 bits per heavy atom. The third kappa shape index (κ3) is 5.05. The van der Waals surface area contributed by atoms with Crippen molar-refractivity contribution < 1.29 is 17.9 Å². The second-order valence-electron chi connectivity index (χ2n) is 5.10. The van der Waals surface area contributed by atoms with Crippen LogP contribution in [0, 0.1) is 13.8 Å². The van der Waals surface area contributed by atoms with E-state index in [1.807, 2.05) is 32.0 Å². The summed E-state index contributed by atoms with van der Waals surface area (Å²) >= 11 is 1.03. The third-order valence-electron chi connectivity index (χ3n) is 3.07. The second kappa shape index (κ2) is 7.12. The van der Waals surface area contributed by atoms with Crippen LogP contribution in [0.5, 0.6) is 5.75 Å². The highest BCUT2D eigenvalue weighted by Crippen LogP contribution is 2.20. The van der Waals surface area contributed by atoms with Gasteiger partial charge < -0.3 is 10.1 Å². The summed E-state index contributed by atoms with van der Waals surface area (Å²) in [6.07, 6.45) is 0. The first-order valence-electron chi connectivity index (χ1n) is 6.84. The predicted octanol–water partition coefficient (Wildman–Crippen LogP) is 1.71. The number of carbonyl (C=O) groups excluding carboxylic acids is 1. The van der Waals surface area contributed by atoms with Crippen molar-refractivity contribution in [2.24, 2.45) is 5.14 Å². The SMILES string of the molecule is Cc1ccc(OCC(=O)NCc2ccc(S(N)(=O)=O)s2)c(C)c1. The molecule has 0 fully saturated rings. The molecule has 0 saturated carbocycles. The molecule has 0 spiro atoms. The maximum Gasteiger partial charge on any atom is 0.258 e. The Bertz CT molecular complexity index is 813. The molecule has 2 aromatic rings. The lowest BCUT2D eigenvalue weighted by molar-refractivity contribution is -0.123. The summed E-state index contributed by atoms with van der Waals surface area (Å²) in [6.45, 7) is 4.04. The number of aryl methyl sites for hydroxylation is 2. The molecule has 23 heavy (non-hydrogen) atoms. The van der Waals surface area contributed by atoms with Gasteiger partial charge in [0, 0.05) is 4.88 Å². The Morgan fingerprint density at radius 3 is 2.61 bits per heavy atom. The molecule has 0 bridgehead atoms. The van der Waals surface area contributed by atoms with Crippen LogP contribution < -0.4 is 15.2 Å². The number of nitrogens with two attached hydrogens (primary N) is 1. The smallest absolute Gasteiger partial charge is 0.258 e. The first-order chi connectivity index (χ1) is 10.8. The first kappa shape index (κ1) is 17.5. The summed E-state index contributed by atoms with van der Waals surface area (Å²) < 4.78 is 27.9. The molecule has 1 aromatic carbocycles. The molecule has 8 heteroatoms. The molecule has 6 nitrogen and oxygen atoms in total. The molecule has 0 radical (unpaired) electrons. The van der Waals surface area contributed by atoms with E-state index in [1.165, 1.54) is 6.07 Å². The van der Waals surface area contributed by atoms with Crippen molar-refractivity contribution in [1.82, 2.24) is 5.32 Å². The van der Waals surface area contributed by atoms with E-state index in [0.29, 0.717) is 10.6 Å². The summed E-state index contributed by atoms with van der Waals surface area (Å²) in [6, 6.07) is 8.77. The summed E-state index contributed by atoms with van der Waals surface area (Å²) in [5.74, 6) is 0.383. The Balaban J connectivity index is 1.84. The van der Waals surface area contributed by atoms with Crippen molar-refractivity contribution in [2.75, 3.05) is 6.61 Å². The van der Waals surface area contributed by atoms with Crippen LogP contribution in [-0.4, -0.2) is 20.9 Å². The maximum atomic E-state index is 11.8. The van der Waals surface area contributed by atoms with Crippen LogP contribution >= 0.6 is 11.3 Å². The lowest BCUT2D eigenvalue weighted by Crippen LogP contribution is -2.28. The van der Waals surface area contributed by atoms with E-state index in [0.717, 1.165) is 22.5 Å². The minimum absolute atomic E-state index is 0.0771. The maximum absolute atomic E-state index is 11.8. The van der Waals surface area contributed by atoms with Crippen molar-refractivity contribution in [1.29, 1.82) is 0 Å². The molecule has 3 N–H and O–H groups in total. The largest absolute Gasteiger partial charge is 0.484 e. The number of hydrogen-bond acceptors (Lipinski definition) is 5. The van der Waals surface area contributed by atoms with Crippen molar-refractivity contribution >= 4 is 27.3 Å². The predicted molar refractivity (Wildman–Crippen MR) is 88.9 cm³/mol. The van der Waals surface area contributed by atoms with E-state index in [4.69, 9.17) is 9.88 Å². The zero-order valence-corrected chi connectivity index (χ0v) is 14.5. The fraction of sp³-hybridized carbons (Fsp3) is 0.267. The molecule has 2 rings (SSSR count). The third-order valence-corrected chi connectivity index (χ3v) is 5.59. The Hall–Kier alpha value is -1.90.